The summed E-state index contributed by atoms with van der Waals surface area (Å²) in [5.41, 5.74) is 0.368. The fourth-order valence-electron chi connectivity index (χ4n) is 4.33. The van der Waals surface area contributed by atoms with Crippen LogP contribution in [0.15, 0.2) is 58.1 Å². The van der Waals surface area contributed by atoms with Crippen LogP contribution in [0.4, 0.5) is 17.1 Å². The average Bonchev–Trinajstić information content (AvgIpc) is 2.82. The molecule has 8 heteroatoms. The molecule has 2 atom stereocenters. The summed E-state index contributed by atoms with van der Waals surface area (Å²) >= 11 is 0. The SMILES string of the molecule is CN(C)C(=O)c1cccc(Nc2c([N-][C@@H]3CCCC[C@H]3c3ccccc3)c(=O)c2=O)c1O.[Li+]. The second-order valence-electron chi connectivity index (χ2n) is 8.41. The number of hydrogen-bond donors (Lipinski definition) is 2. The zero-order chi connectivity index (χ0) is 22.8. The van der Waals surface area contributed by atoms with E-state index in [0.717, 1.165) is 25.7 Å². The van der Waals surface area contributed by atoms with Gasteiger partial charge in [0.05, 0.1) is 16.9 Å². The molecule has 0 aromatic heterocycles. The number of benzene rings is 2. The maximum Gasteiger partial charge on any atom is 1.00 e. The van der Waals surface area contributed by atoms with Gasteiger partial charge in [-0.25, -0.2) is 0 Å². The molecule has 1 fully saturated rings. The van der Waals surface area contributed by atoms with E-state index in [4.69, 9.17) is 5.32 Å². The summed E-state index contributed by atoms with van der Waals surface area (Å²) in [6, 6.07) is 14.7. The number of carbonyl (C=O) groups is 1. The first kappa shape index (κ1) is 24.6. The summed E-state index contributed by atoms with van der Waals surface area (Å²) in [7, 11) is 3.17. The van der Waals surface area contributed by atoms with Gasteiger partial charge in [-0.05, 0) is 30.0 Å². The van der Waals surface area contributed by atoms with Crippen molar-refractivity contribution in [1.82, 2.24) is 4.90 Å². The van der Waals surface area contributed by atoms with Gasteiger partial charge >= 0.3 is 18.9 Å². The summed E-state index contributed by atoms with van der Waals surface area (Å²) in [4.78, 5) is 38.3. The van der Waals surface area contributed by atoms with Gasteiger partial charge in [0.25, 0.3) is 5.91 Å². The van der Waals surface area contributed by atoms with E-state index in [2.05, 4.69) is 17.4 Å². The van der Waals surface area contributed by atoms with Crippen molar-refractivity contribution in [3.63, 3.8) is 0 Å². The number of phenolic OH excluding ortho intramolecular Hbond substituents is 1. The van der Waals surface area contributed by atoms with Crippen molar-refractivity contribution in [3.05, 3.63) is 85.4 Å². The molecule has 1 saturated carbocycles. The van der Waals surface area contributed by atoms with Gasteiger partial charge in [-0.2, -0.15) is 0 Å². The summed E-state index contributed by atoms with van der Waals surface area (Å²) in [6.45, 7) is 0. The maximum absolute atomic E-state index is 12.4. The van der Waals surface area contributed by atoms with E-state index in [1.807, 2.05) is 18.2 Å². The third-order valence-electron chi connectivity index (χ3n) is 6.07. The number of hydrogen-bond acceptors (Lipinski definition) is 5. The Labute approximate surface area is 204 Å². The van der Waals surface area contributed by atoms with Crippen molar-refractivity contribution in [3.8, 4) is 5.75 Å². The van der Waals surface area contributed by atoms with Crippen molar-refractivity contribution < 1.29 is 28.8 Å². The van der Waals surface area contributed by atoms with Crippen molar-refractivity contribution in [2.45, 2.75) is 37.6 Å². The van der Waals surface area contributed by atoms with Crippen molar-refractivity contribution >= 4 is 23.0 Å². The topological polar surface area (TPSA) is 101 Å². The molecular formula is C25H26LiN3O4. The number of aromatic hydroxyl groups is 1. The van der Waals surface area contributed by atoms with Gasteiger partial charge in [0.1, 0.15) is 0 Å². The molecule has 0 unspecified atom stereocenters. The number of para-hydroxylation sites is 1. The van der Waals surface area contributed by atoms with Crippen molar-refractivity contribution in [1.29, 1.82) is 0 Å². The second-order valence-corrected chi connectivity index (χ2v) is 8.41. The predicted molar refractivity (Wildman–Crippen MR) is 125 cm³/mol. The quantitative estimate of drug-likeness (QED) is 0.341. The van der Waals surface area contributed by atoms with Gasteiger partial charge in [0.2, 0.25) is 10.9 Å². The van der Waals surface area contributed by atoms with Crippen LogP contribution in [-0.2, 0) is 0 Å². The molecule has 1 amide bonds. The van der Waals surface area contributed by atoms with Crippen molar-refractivity contribution in [2.75, 3.05) is 19.4 Å². The first-order chi connectivity index (χ1) is 15.4. The Morgan fingerprint density at radius 2 is 1.70 bits per heavy atom. The summed E-state index contributed by atoms with van der Waals surface area (Å²) in [6.07, 6.45) is 3.94. The Balaban J connectivity index is 0.00000306. The largest absolute Gasteiger partial charge is 1.00 e. The van der Waals surface area contributed by atoms with E-state index in [9.17, 15) is 19.5 Å². The average molecular weight is 439 g/mol. The van der Waals surface area contributed by atoms with Crippen LogP contribution >= 0.6 is 0 Å². The van der Waals surface area contributed by atoms with Gasteiger partial charge < -0.3 is 20.6 Å². The van der Waals surface area contributed by atoms with E-state index in [-0.39, 0.29) is 65.1 Å². The molecular weight excluding hydrogens is 413 g/mol. The number of nitrogens with one attached hydrogen (secondary N) is 1. The number of rotatable bonds is 6. The number of nitrogens with zero attached hydrogens (tertiary/aromatic N) is 2. The Bertz CT molecular complexity index is 1200. The van der Waals surface area contributed by atoms with Gasteiger partial charge in [0, 0.05) is 14.1 Å². The molecule has 2 N–H and O–H groups in total. The first-order valence-electron chi connectivity index (χ1n) is 10.8. The van der Waals surface area contributed by atoms with Crippen LogP contribution in [0.1, 0.15) is 47.5 Å². The fourth-order valence-corrected chi connectivity index (χ4v) is 4.33. The van der Waals surface area contributed by atoms with Crippen LogP contribution in [0.25, 0.3) is 5.32 Å². The molecule has 33 heavy (non-hydrogen) atoms. The van der Waals surface area contributed by atoms with Crippen LogP contribution < -0.4 is 35.0 Å². The van der Waals surface area contributed by atoms with Gasteiger partial charge in [-0.15, -0.1) is 6.04 Å². The molecule has 1 aliphatic carbocycles. The molecule has 3 aromatic carbocycles. The Morgan fingerprint density at radius 1 is 1.00 bits per heavy atom. The third-order valence-corrected chi connectivity index (χ3v) is 6.07. The second kappa shape index (κ2) is 10.3. The molecule has 0 heterocycles. The van der Waals surface area contributed by atoms with Crippen LogP contribution in [0.5, 0.6) is 5.75 Å². The monoisotopic (exact) mass is 439 g/mol. The normalized spacial score (nSPS) is 17.8. The molecule has 0 aliphatic heterocycles. The third kappa shape index (κ3) is 4.85. The minimum absolute atomic E-state index is 0. The minimum atomic E-state index is -0.667. The van der Waals surface area contributed by atoms with Crippen LogP contribution in [0.3, 0.4) is 0 Å². The molecule has 1 aliphatic rings. The molecule has 4 rings (SSSR count). The molecule has 0 spiro atoms. The summed E-state index contributed by atoms with van der Waals surface area (Å²) < 4.78 is 0. The van der Waals surface area contributed by atoms with Crippen LogP contribution in [0, 0.1) is 0 Å². The smallest absolute Gasteiger partial charge is 0.676 e. The number of anilines is 2. The predicted octanol–water partition coefficient (Wildman–Crippen LogP) is 1.17. The standard InChI is InChI=1S/C25H27N3O4.Li/c1-28(2)25(32)17-12-8-14-19(22(17)29)27-21-20(23(30)24(21)31)26-18-13-7-6-11-16(18)15-9-4-3-5-10-15;/h3-5,8-10,12,14,16,18H,6-7,11,13H2,1-2H3,(H3,26,27,29,30,31,32);/q;+1/p-1/t16-,18+;/m0./s1. The summed E-state index contributed by atoms with van der Waals surface area (Å²) in [5, 5.41) is 18.1. The first-order valence-corrected chi connectivity index (χ1v) is 10.8. The number of amides is 1. The Hall–Kier alpha value is -3.01. The van der Waals surface area contributed by atoms with Crippen LogP contribution in [0.2, 0.25) is 0 Å². The fraction of sp³-hybridized carbons (Fsp3) is 0.320. The molecule has 0 bridgehead atoms. The molecule has 0 radical (unpaired) electrons. The zero-order valence-corrected chi connectivity index (χ0v) is 19.2. The number of carbonyl (C=O) groups excluding carboxylic acids is 1. The van der Waals surface area contributed by atoms with E-state index in [1.165, 1.54) is 16.5 Å². The van der Waals surface area contributed by atoms with E-state index in [1.54, 1.807) is 26.2 Å². The Kier molecular flexibility index (Phi) is 7.67. The number of phenols is 1. The minimum Gasteiger partial charge on any atom is -0.676 e. The summed E-state index contributed by atoms with van der Waals surface area (Å²) in [5.74, 6) is -0.448. The van der Waals surface area contributed by atoms with Gasteiger partial charge in [-0.1, -0.05) is 61.3 Å². The van der Waals surface area contributed by atoms with E-state index >= 15 is 0 Å². The maximum atomic E-state index is 12.4. The molecule has 166 valence electrons. The van der Waals surface area contributed by atoms with Crippen molar-refractivity contribution in [2.24, 2.45) is 0 Å². The van der Waals surface area contributed by atoms with E-state index < -0.39 is 10.9 Å². The Morgan fingerprint density at radius 3 is 2.39 bits per heavy atom. The molecule has 7 nitrogen and oxygen atoms in total. The van der Waals surface area contributed by atoms with E-state index in [0.29, 0.717) is 0 Å². The molecule has 0 saturated heterocycles. The molecule has 3 aromatic rings. The van der Waals surface area contributed by atoms with Gasteiger partial charge in [-0.3, -0.25) is 14.4 Å². The van der Waals surface area contributed by atoms with Crippen LogP contribution in [-0.4, -0.2) is 36.1 Å². The zero-order valence-electron chi connectivity index (χ0n) is 19.2. The van der Waals surface area contributed by atoms with Gasteiger partial charge in [0.15, 0.2) is 5.75 Å².